The first-order chi connectivity index (χ1) is 6.50. The van der Waals surface area contributed by atoms with Gasteiger partial charge in [0.25, 0.3) is 0 Å². The molecule has 1 aromatic carbocycles. The van der Waals surface area contributed by atoms with Crippen molar-refractivity contribution in [3.8, 4) is 5.75 Å². The van der Waals surface area contributed by atoms with Gasteiger partial charge in [-0.3, -0.25) is 4.79 Å². The molecule has 0 heterocycles. The summed E-state index contributed by atoms with van der Waals surface area (Å²) in [5, 5.41) is 17.6. The van der Waals surface area contributed by atoms with Crippen molar-refractivity contribution in [3.63, 3.8) is 0 Å². The van der Waals surface area contributed by atoms with Gasteiger partial charge >= 0.3 is 5.97 Å². The van der Waals surface area contributed by atoms with E-state index in [1.165, 1.54) is 19.1 Å². The van der Waals surface area contributed by atoms with Crippen LogP contribution >= 0.6 is 0 Å². The highest BCUT2D eigenvalue weighted by Crippen LogP contribution is 2.20. The lowest BCUT2D eigenvalue weighted by Crippen LogP contribution is -2.00. The fourth-order valence-corrected chi connectivity index (χ4v) is 1.25. The van der Waals surface area contributed by atoms with E-state index >= 15 is 0 Å². The van der Waals surface area contributed by atoms with Gasteiger partial charge in [-0.15, -0.1) is 0 Å². The van der Waals surface area contributed by atoms with Crippen LogP contribution < -0.4 is 0 Å². The van der Waals surface area contributed by atoms with Gasteiger partial charge in [0, 0.05) is 6.42 Å². The van der Waals surface area contributed by atoms with E-state index in [4.69, 9.17) is 10.2 Å². The van der Waals surface area contributed by atoms with Crippen LogP contribution in [0.4, 0.5) is 4.39 Å². The van der Waals surface area contributed by atoms with Crippen LogP contribution in [0.1, 0.15) is 17.5 Å². The largest absolute Gasteiger partial charge is 0.508 e. The molecule has 0 atom stereocenters. The summed E-state index contributed by atoms with van der Waals surface area (Å²) in [6.45, 7) is 1.53. The minimum atomic E-state index is -0.981. The van der Waals surface area contributed by atoms with Gasteiger partial charge in [-0.1, -0.05) is 0 Å². The molecule has 76 valence electrons. The summed E-state index contributed by atoms with van der Waals surface area (Å²) in [4.78, 5) is 10.3. The molecule has 0 radical (unpaired) electrons. The van der Waals surface area contributed by atoms with E-state index in [2.05, 4.69) is 0 Å². The molecule has 0 saturated heterocycles. The maximum Gasteiger partial charge on any atom is 0.303 e. The van der Waals surface area contributed by atoms with Gasteiger partial charge in [-0.25, -0.2) is 4.39 Å². The Morgan fingerprint density at radius 3 is 2.71 bits per heavy atom. The minimum Gasteiger partial charge on any atom is -0.508 e. The third kappa shape index (κ3) is 2.45. The fraction of sp³-hybridized carbons (Fsp3) is 0.300. The molecule has 2 N–H and O–H groups in total. The molecule has 0 amide bonds. The summed E-state index contributed by atoms with van der Waals surface area (Å²) < 4.78 is 13.3. The second-order valence-electron chi connectivity index (χ2n) is 3.13. The summed E-state index contributed by atoms with van der Waals surface area (Å²) in [6, 6.07) is 2.56. The standard InChI is InChI=1S/C10H11FO3/c1-6-4-8(12)5-7(10(6)11)2-3-9(13)14/h4-5,12H,2-3H2,1H3,(H,13,14). The molecule has 3 nitrogen and oxygen atoms in total. The Kier molecular flexibility index (Phi) is 3.06. The maximum atomic E-state index is 13.3. The van der Waals surface area contributed by atoms with Crippen molar-refractivity contribution >= 4 is 5.97 Å². The number of hydrogen-bond donors (Lipinski definition) is 2. The Balaban J connectivity index is 2.90. The van der Waals surface area contributed by atoms with E-state index in [-0.39, 0.29) is 24.2 Å². The SMILES string of the molecule is Cc1cc(O)cc(CCC(=O)O)c1F. The predicted octanol–water partition coefficient (Wildman–Crippen LogP) is 1.86. The molecule has 0 aliphatic carbocycles. The summed E-state index contributed by atoms with van der Waals surface area (Å²) in [5.41, 5.74) is 0.565. The van der Waals surface area contributed by atoms with E-state index in [9.17, 15) is 9.18 Å². The van der Waals surface area contributed by atoms with Gasteiger partial charge < -0.3 is 10.2 Å². The quantitative estimate of drug-likeness (QED) is 0.779. The smallest absolute Gasteiger partial charge is 0.303 e. The van der Waals surface area contributed by atoms with Crippen LogP contribution in [-0.2, 0) is 11.2 Å². The van der Waals surface area contributed by atoms with Crippen LogP contribution in [0.25, 0.3) is 0 Å². The summed E-state index contributed by atoms with van der Waals surface area (Å²) in [6.07, 6.45) is -0.0454. The molecule has 0 unspecified atom stereocenters. The van der Waals surface area contributed by atoms with Crippen LogP contribution in [0.15, 0.2) is 12.1 Å². The van der Waals surface area contributed by atoms with Crippen LogP contribution in [0, 0.1) is 12.7 Å². The van der Waals surface area contributed by atoms with Gasteiger partial charge in [0.15, 0.2) is 0 Å². The molecule has 1 aromatic rings. The average Bonchev–Trinajstić information content (AvgIpc) is 2.08. The number of benzene rings is 1. The van der Waals surface area contributed by atoms with Crippen molar-refractivity contribution in [1.29, 1.82) is 0 Å². The zero-order valence-corrected chi connectivity index (χ0v) is 7.75. The molecule has 0 aliphatic rings. The zero-order chi connectivity index (χ0) is 10.7. The van der Waals surface area contributed by atoms with Crippen molar-refractivity contribution in [2.45, 2.75) is 19.8 Å². The first kappa shape index (κ1) is 10.5. The summed E-state index contributed by atoms with van der Waals surface area (Å²) in [5.74, 6) is -1.46. The number of halogens is 1. The molecule has 0 fully saturated rings. The van der Waals surface area contributed by atoms with E-state index < -0.39 is 11.8 Å². The molecular weight excluding hydrogens is 187 g/mol. The fourth-order valence-electron chi connectivity index (χ4n) is 1.25. The third-order valence-corrected chi connectivity index (χ3v) is 1.92. The van der Waals surface area contributed by atoms with E-state index in [1.807, 2.05) is 0 Å². The first-order valence-electron chi connectivity index (χ1n) is 4.20. The number of carboxylic acid groups (broad SMARTS) is 1. The highest BCUT2D eigenvalue weighted by Gasteiger charge is 2.08. The molecular formula is C10H11FO3. The third-order valence-electron chi connectivity index (χ3n) is 1.92. The summed E-state index contributed by atoms with van der Waals surface area (Å²) in [7, 11) is 0. The van der Waals surface area contributed by atoms with Crippen molar-refractivity contribution in [2.24, 2.45) is 0 Å². The predicted molar refractivity (Wildman–Crippen MR) is 48.8 cm³/mol. The monoisotopic (exact) mass is 198 g/mol. The lowest BCUT2D eigenvalue weighted by Gasteiger charge is -2.05. The Labute approximate surface area is 80.8 Å². The Morgan fingerprint density at radius 2 is 2.14 bits per heavy atom. The summed E-state index contributed by atoms with van der Waals surface area (Å²) >= 11 is 0. The van der Waals surface area contributed by atoms with Crippen molar-refractivity contribution in [3.05, 3.63) is 29.1 Å². The number of aliphatic carboxylic acids is 1. The molecule has 4 heteroatoms. The number of phenolic OH excluding ortho intramolecular Hbond substituents is 1. The van der Waals surface area contributed by atoms with Crippen LogP contribution in [-0.4, -0.2) is 16.2 Å². The van der Waals surface area contributed by atoms with E-state index in [0.29, 0.717) is 5.56 Å². The van der Waals surface area contributed by atoms with E-state index in [0.717, 1.165) is 0 Å². The Hall–Kier alpha value is -1.58. The molecule has 14 heavy (non-hydrogen) atoms. The normalized spacial score (nSPS) is 10.1. The highest BCUT2D eigenvalue weighted by molar-refractivity contribution is 5.67. The lowest BCUT2D eigenvalue weighted by molar-refractivity contribution is -0.136. The molecule has 0 spiro atoms. The van der Waals surface area contributed by atoms with Crippen molar-refractivity contribution < 1.29 is 19.4 Å². The van der Waals surface area contributed by atoms with Crippen molar-refractivity contribution in [2.75, 3.05) is 0 Å². The minimum absolute atomic E-state index is 0.0377. The molecule has 0 aromatic heterocycles. The number of rotatable bonds is 3. The van der Waals surface area contributed by atoms with Gasteiger partial charge in [-0.05, 0) is 36.6 Å². The van der Waals surface area contributed by atoms with Gasteiger partial charge in [-0.2, -0.15) is 0 Å². The van der Waals surface area contributed by atoms with Gasteiger partial charge in [0.2, 0.25) is 0 Å². The molecule has 1 rings (SSSR count). The number of aryl methyl sites for hydroxylation is 2. The van der Waals surface area contributed by atoms with Gasteiger partial charge in [0.1, 0.15) is 11.6 Å². The zero-order valence-electron chi connectivity index (χ0n) is 7.75. The Morgan fingerprint density at radius 1 is 1.50 bits per heavy atom. The molecule has 0 aliphatic heterocycles. The number of carbonyl (C=O) groups is 1. The number of phenols is 1. The highest BCUT2D eigenvalue weighted by atomic mass is 19.1. The topological polar surface area (TPSA) is 57.5 Å². The Bertz CT molecular complexity index is 361. The van der Waals surface area contributed by atoms with Crippen molar-refractivity contribution in [1.82, 2.24) is 0 Å². The maximum absolute atomic E-state index is 13.3. The molecule has 0 saturated carbocycles. The average molecular weight is 198 g/mol. The van der Waals surface area contributed by atoms with Crippen LogP contribution in [0.5, 0.6) is 5.75 Å². The number of carboxylic acids is 1. The first-order valence-corrected chi connectivity index (χ1v) is 4.20. The van der Waals surface area contributed by atoms with E-state index in [1.54, 1.807) is 0 Å². The number of hydrogen-bond acceptors (Lipinski definition) is 2. The number of aromatic hydroxyl groups is 1. The lowest BCUT2D eigenvalue weighted by atomic mass is 10.1. The van der Waals surface area contributed by atoms with Crippen LogP contribution in [0.3, 0.4) is 0 Å². The van der Waals surface area contributed by atoms with Gasteiger partial charge in [0.05, 0.1) is 0 Å². The second-order valence-corrected chi connectivity index (χ2v) is 3.13. The van der Waals surface area contributed by atoms with Crippen LogP contribution in [0.2, 0.25) is 0 Å². The molecule has 0 bridgehead atoms. The second kappa shape index (κ2) is 4.09.